The van der Waals surface area contributed by atoms with Gasteiger partial charge in [-0.05, 0) is 99.0 Å². The minimum Gasteiger partial charge on any atom is -0.463 e. The van der Waals surface area contributed by atoms with Gasteiger partial charge in [-0.2, -0.15) is 0 Å². The van der Waals surface area contributed by atoms with Gasteiger partial charge in [0.15, 0.2) is 0 Å². The zero-order valence-electron chi connectivity index (χ0n) is 19.9. The predicted octanol–water partition coefficient (Wildman–Crippen LogP) is 5.74. The second kappa shape index (κ2) is 7.91. The van der Waals surface area contributed by atoms with Gasteiger partial charge in [-0.25, -0.2) is 0 Å². The molecule has 0 amide bonds. The first-order valence-electron chi connectivity index (χ1n) is 12.7. The molecule has 1 aromatic carbocycles. The molecular formula is C29H38O3. The average Bonchev–Trinajstić information content (AvgIpc) is 3.04. The molecule has 0 aliphatic heterocycles. The fourth-order valence-corrected chi connectivity index (χ4v) is 8.48. The number of carbonyl (C=O) groups excluding carboxylic acids is 1. The SMILES string of the molecule is CC(=O)O[C@H]1CC[C@@]2(C)[C@H](CC[C@H]3[C@H]4CC[C@](O)(C#Cc5ccccc5)[C@]4(C)CC[C@@H]32)C1. The summed E-state index contributed by atoms with van der Waals surface area (Å²) in [6, 6.07) is 10.1. The number of carbonyl (C=O) groups is 1. The maximum Gasteiger partial charge on any atom is 0.302 e. The minimum absolute atomic E-state index is 0.112. The lowest BCUT2D eigenvalue weighted by Crippen LogP contribution is -2.56. The highest BCUT2D eigenvalue weighted by Gasteiger charge is 2.64. The smallest absolute Gasteiger partial charge is 0.302 e. The van der Waals surface area contributed by atoms with E-state index in [2.05, 4.69) is 25.7 Å². The van der Waals surface area contributed by atoms with E-state index in [4.69, 9.17) is 4.74 Å². The molecule has 0 heterocycles. The van der Waals surface area contributed by atoms with Gasteiger partial charge in [0.1, 0.15) is 11.7 Å². The highest BCUT2D eigenvalue weighted by molar-refractivity contribution is 5.66. The summed E-state index contributed by atoms with van der Waals surface area (Å²) >= 11 is 0. The van der Waals surface area contributed by atoms with Crippen molar-refractivity contribution in [1.29, 1.82) is 0 Å². The largest absolute Gasteiger partial charge is 0.463 e. The van der Waals surface area contributed by atoms with Crippen LogP contribution < -0.4 is 0 Å². The van der Waals surface area contributed by atoms with E-state index in [0.29, 0.717) is 23.2 Å². The monoisotopic (exact) mass is 434 g/mol. The highest BCUT2D eigenvalue weighted by Crippen LogP contribution is 2.68. The van der Waals surface area contributed by atoms with Crippen molar-refractivity contribution in [3.05, 3.63) is 35.9 Å². The van der Waals surface area contributed by atoms with Crippen LogP contribution in [0.3, 0.4) is 0 Å². The summed E-state index contributed by atoms with van der Waals surface area (Å²) in [7, 11) is 0. The average molecular weight is 435 g/mol. The Bertz CT molecular complexity index is 929. The predicted molar refractivity (Wildman–Crippen MR) is 126 cm³/mol. The van der Waals surface area contributed by atoms with Gasteiger partial charge in [-0.15, -0.1) is 0 Å². The van der Waals surface area contributed by atoms with E-state index in [9.17, 15) is 9.90 Å². The van der Waals surface area contributed by atoms with Crippen LogP contribution in [0.2, 0.25) is 0 Å². The zero-order chi connectivity index (χ0) is 22.6. The van der Waals surface area contributed by atoms with Gasteiger partial charge in [-0.3, -0.25) is 4.79 Å². The molecule has 0 radical (unpaired) electrons. The Labute approximate surface area is 193 Å². The quantitative estimate of drug-likeness (QED) is 0.453. The van der Waals surface area contributed by atoms with Crippen molar-refractivity contribution in [2.24, 2.45) is 34.5 Å². The molecule has 4 fully saturated rings. The second-order valence-electron chi connectivity index (χ2n) is 11.6. The summed E-state index contributed by atoms with van der Waals surface area (Å²) < 4.78 is 5.61. The molecule has 4 aliphatic rings. The molecule has 1 N–H and O–H groups in total. The normalized spacial score (nSPS) is 44.9. The summed E-state index contributed by atoms with van der Waals surface area (Å²) in [4.78, 5) is 11.5. The topological polar surface area (TPSA) is 46.5 Å². The molecule has 0 aromatic heterocycles. The van der Waals surface area contributed by atoms with Crippen LogP contribution in [0, 0.1) is 46.3 Å². The third-order valence-corrected chi connectivity index (χ3v) is 10.3. The number of benzene rings is 1. The molecule has 172 valence electrons. The molecule has 0 bridgehead atoms. The molecule has 4 aliphatic carbocycles. The van der Waals surface area contributed by atoms with Crippen LogP contribution in [-0.2, 0) is 9.53 Å². The fraction of sp³-hybridized carbons (Fsp3) is 0.690. The summed E-state index contributed by atoms with van der Waals surface area (Å²) in [5.74, 6) is 9.13. The molecule has 1 aromatic rings. The van der Waals surface area contributed by atoms with Crippen LogP contribution >= 0.6 is 0 Å². The Kier molecular flexibility index (Phi) is 5.44. The molecular weight excluding hydrogens is 396 g/mol. The van der Waals surface area contributed by atoms with Gasteiger partial charge in [0.25, 0.3) is 0 Å². The Hall–Kier alpha value is -1.79. The molecule has 0 spiro atoms. The van der Waals surface area contributed by atoms with Crippen molar-refractivity contribution in [3.8, 4) is 11.8 Å². The van der Waals surface area contributed by atoms with Crippen molar-refractivity contribution >= 4 is 5.97 Å². The van der Waals surface area contributed by atoms with Gasteiger partial charge < -0.3 is 9.84 Å². The lowest BCUT2D eigenvalue weighted by molar-refractivity contribution is -0.163. The first-order valence-corrected chi connectivity index (χ1v) is 12.7. The van der Waals surface area contributed by atoms with E-state index < -0.39 is 5.60 Å². The number of rotatable bonds is 1. The van der Waals surface area contributed by atoms with Crippen LogP contribution in [0.1, 0.15) is 84.1 Å². The number of fused-ring (bicyclic) bond motifs is 5. The van der Waals surface area contributed by atoms with Gasteiger partial charge in [0.05, 0.1) is 0 Å². The van der Waals surface area contributed by atoms with Crippen molar-refractivity contribution < 1.29 is 14.6 Å². The van der Waals surface area contributed by atoms with Gasteiger partial charge in [0, 0.05) is 17.9 Å². The first kappa shape index (κ1) is 22.0. The summed E-state index contributed by atoms with van der Waals surface area (Å²) in [6.07, 6.45) is 9.94. The molecule has 32 heavy (non-hydrogen) atoms. The fourth-order valence-electron chi connectivity index (χ4n) is 8.48. The second-order valence-corrected chi connectivity index (χ2v) is 11.6. The standard InChI is InChI=1S/C29H38O3/c1-20(30)32-23-12-15-27(2)22(19-23)9-10-24-25(27)13-16-28(3)26(24)14-18-29(28,31)17-11-21-7-5-4-6-8-21/h4-8,22-26,31H,9-10,12-16,18-19H2,1-3H3/t22-,23+,24-,25+,26-,27+,28-,29-/m1/s1. The molecule has 8 atom stereocenters. The van der Waals surface area contributed by atoms with Gasteiger partial charge >= 0.3 is 5.97 Å². The minimum atomic E-state index is -0.886. The van der Waals surface area contributed by atoms with Crippen LogP contribution in [0.5, 0.6) is 0 Å². The molecule has 3 heteroatoms. The van der Waals surface area contributed by atoms with Crippen LogP contribution in [0.25, 0.3) is 0 Å². The highest BCUT2D eigenvalue weighted by atomic mass is 16.5. The Morgan fingerprint density at radius 3 is 2.50 bits per heavy atom. The zero-order valence-corrected chi connectivity index (χ0v) is 19.9. The number of esters is 1. The first-order chi connectivity index (χ1) is 15.3. The van der Waals surface area contributed by atoms with Gasteiger partial charge in [-0.1, -0.05) is 43.9 Å². The molecule has 0 unspecified atom stereocenters. The Morgan fingerprint density at radius 1 is 1.00 bits per heavy atom. The van der Waals surface area contributed by atoms with E-state index in [1.54, 1.807) is 0 Å². The Morgan fingerprint density at radius 2 is 1.75 bits per heavy atom. The van der Waals surface area contributed by atoms with E-state index >= 15 is 0 Å². The number of aliphatic hydroxyl groups is 1. The van der Waals surface area contributed by atoms with Gasteiger partial charge in [0.2, 0.25) is 0 Å². The molecule has 4 saturated carbocycles. The van der Waals surface area contributed by atoms with Crippen LogP contribution in [0.4, 0.5) is 0 Å². The molecule has 3 nitrogen and oxygen atoms in total. The van der Waals surface area contributed by atoms with E-state index in [1.807, 2.05) is 30.3 Å². The molecule has 5 rings (SSSR count). The van der Waals surface area contributed by atoms with Crippen molar-refractivity contribution in [1.82, 2.24) is 0 Å². The number of ether oxygens (including phenoxy) is 1. The maximum absolute atomic E-state index is 11.8. The maximum atomic E-state index is 11.8. The van der Waals surface area contributed by atoms with Crippen LogP contribution in [-0.4, -0.2) is 22.8 Å². The van der Waals surface area contributed by atoms with Crippen LogP contribution in [0.15, 0.2) is 30.3 Å². The van der Waals surface area contributed by atoms with E-state index in [1.165, 1.54) is 26.2 Å². The van der Waals surface area contributed by atoms with E-state index in [-0.39, 0.29) is 17.5 Å². The van der Waals surface area contributed by atoms with E-state index in [0.717, 1.165) is 50.0 Å². The van der Waals surface area contributed by atoms with Crippen molar-refractivity contribution in [3.63, 3.8) is 0 Å². The van der Waals surface area contributed by atoms with Crippen molar-refractivity contribution in [2.45, 2.75) is 90.3 Å². The van der Waals surface area contributed by atoms with Crippen molar-refractivity contribution in [2.75, 3.05) is 0 Å². The lowest BCUT2D eigenvalue weighted by atomic mass is 9.44. The summed E-state index contributed by atoms with van der Waals surface area (Å²) in [5, 5.41) is 11.8. The number of hydrogen-bond donors (Lipinski definition) is 1. The number of hydrogen-bond acceptors (Lipinski definition) is 3. The molecule has 0 saturated heterocycles. The Balaban J connectivity index is 1.36. The summed E-state index contributed by atoms with van der Waals surface area (Å²) in [6.45, 7) is 6.39. The third kappa shape index (κ3) is 3.41. The summed E-state index contributed by atoms with van der Waals surface area (Å²) in [5.41, 5.74) is 0.327. The third-order valence-electron chi connectivity index (χ3n) is 10.3. The lowest BCUT2D eigenvalue weighted by Gasteiger charge is -2.61.